The molecule has 15 nitrogen and oxygen atoms in total. The van der Waals surface area contributed by atoms with Crippen molar-refractivity contribution in [2.45, 2.75) is 71.8 Å². The highest BCUT2D eigenvalue weighted by atomic mass is 16.5. The van der Waals surface area contributed by atoms with E-state index in [-0.39, 0.29) is 24.3 Å². The molecule has 1 N–H and O–H groups in total. The quantitative estimate of drug-likeness (QED) is 0.264. The SMILES string of the molecule is CC(=O)O.COc1ccc2cc1OCCN(C(=O)CCCN1CCCCC1=O)CCCCN(C(=O)c1cnc(-c3cccnc3)nc1C)CCCn1ccnc1-2. The Morgan fingerprint density at radius 3 is 2.39 bits per heavy atom. The summed E-state index contributed by atoms with van der Waals surface area (Å²) >= 11 is 0. The molecule has 0 saturated carbocycles. The number of amides is 3. The van der Waals surface area contributed by atoms with Gasteiger partial charge in [-0.2, -0.15) is 0 Å². The van der Waals surface area contributed by atoms with E-state index in [0.29, 0.717) is 106 Å². The lowest BCUT2D eigenvalue weighted by Crippen LogP contribution is -2.38. The van der Waals surface area contributed by atoms with E-state index in [1.54, 1.807) is 31.9 Å². The number of imidazole rings is 1. The number of hydrogen-bond donors (Lipinski definition) is 1. The average Bonchev–Trinajstić information content (AvgIpc) is 3.66. The Bertz CT molecular complexity index is 1930. The van der Waals surface area contributed by atoms with Gasteiger partial charge in [0, 0.05) is 101 Å². The average molecular weight is 769 g/mol. The van der Waals surface area contributed by atoms with Gasteiger partial charge in [-0.05, 0) is 75.8 Å². The highest BCUT2D eigenvalue weighted by molar-refractivity contribution is 5.95. The second kappa shape index (κ2) is 20.7. The van der Waals surface area contributed by atoms with Gasteiger partial charge in [0.2, 0.25) is 11.8 Å². The Labute approximate surface area is 327 Å². The first-order valence-corrected chi connectivity index (χ1v) is 19.2. The van der Waals surface area contributed by atoms with Gasteiger partial charge in [0.25, 0.3) is 11.9 Å². The van der Waals surface area contributed by atoms with Crippen LogP contribution >= 0.6 is 0 Å². The number of carboxylic acid groups (broad SMARTS) is 1. The number of carboxylic acids is 1. The number of aliphatic carboxylic acids is 1. The number of methoxy groups -OCH3 is 1. The largest absolute Gasteiger partial charge is 0.493 e. The standard InChI is InChI=1S/C39H48N8O5.C2H4O2/c1-29-32(28-42-37(43-29)31-10-7-15-40-27-31)39(50)47-19-6-5-18-45(36(49)12-8-20-44-17-4-3-11-35(44)48)24-25-52-34-26-30(13-14-33(34)51-2)38-41-16-23-46(38)21-9-22-47;1-2(3)4/h7,10,13-16,23,26-28H,3-6,8-9,11-12,17-22,24-25H2,1-2H3;1H3,(H,3,4). The lowest BCUT2D eigenvalue weighted by atomic mass is 10.1. The lowest BCUT2D eigenvalue weighted by molar-refractivity contribution is -0.135. The van der Waals surface area contributed by atoms with E-state index in [9.17, 15) is 14.4 Å². The number of pyridine rings is 1. The van der Waals surface area contributed by atoms with Crippen molar-refractivity contribution in [2.75, 3.05) is 53.0 Å². The van der Waals surface area contributed by atoms with Crippen LogP contribution in [0.25, 0.3) is 22.8 Å². The molecule has 3 aromatic heterocycles. The van der Waals surface area contributed by atoms with E-state index in [2.05, 4.69) is 24.5 Å². The third-order valence-electron chi connectivity index (χ3n) is 9.70. The third kappa shape index (κ3) is 11.6. The van der Waals surface area contributed by atoms with Crippen molar-refractivity contribution in [3.05, 3.63) is 72.6 Å². The molecule has 2 aliphatic rings. The van der Waals surface area contributed by atoms with Gasteiger partial charge in [0.15, 0.2) is 17.3 Å². The number of benzene rings is 1. The van der Waals surface area contributed by atoms with Crippen molar-refractivity contribution >= 4 is 23.7 Å². The van der Waals surface area contributed by atoms with Crippen LogP contribution in [0.3, 0.4) is 0 Å². The smallest absolute Gasteiger partial charge is 0.300 e. The predicted molar refractivity (Wildman–Crippen MR) is 209 cm³/mol. The summed E-state index contributed by atoms with van der Waals surface area (Å²) in [7, 11) is 1.61. The summed E-state index contributed by atoms with van der Waals surface area (Å²) in [6.45, 7) is 7.18. The molecule has 0 unspecified atom stereocenters. The van der Waals surface area contributed by atoms with Crippen LogP contribution in [-0.4, -0.2) is 121 Å². The molecule has 6 rings (SSSR count). The Balaban J connectivity index is 0.00000143. The number of likely N-dealkylation sites (tertiary alicyclic amines) is 1. The van der Waals surface area contributed by atoms with Gasteiger partial charge < -0.3 is 33.8 Å². The summed E-state index contributed by atoms with van der Waals surface area (Å²) in [5, 5.41) is 7.42. The minimum atomic E-state index is -0.833. The number of hydrogen-bond acceptors (Lipinski definition) is 10. The van der Waals surface area contributed by atoms with E-state index in [1.807, 2.05) is 58.2 Å². The van der Waals surface area contributed by atoms with Crippen LogP contribution in [0, 0.1) is 6.92 Å². The van der Waals surface area contributed by atoms with Crippen LogP contribution in [0.15, 0.2) is 61.3 Å². The van der Waals surface area contributed by atoms with Crippen LogP contribution in [0.5, 0.6) is 11.5 Å². The second-order valence-electron chi connectivity index (χ2n) is 13.8. The molecule has 2 aliphatic heterocycles. The van der Waals surface area contributed by atoms with Crippen LogP contribution in [0.4, 0.5) is 0 Å². The molecule has 1 saturated heterocycles. The third-order valence-corrected chi connectivity index (χ3v) is 9.70. The van der Waals surface area contributed by atoms with Crippen LogP contribution in [-0.2, 0) is 20.9 Å². The zero-order valence-corrected chi connectivity index (χ0v) is 32.6. The van der Waals surface area contributed by atoms with Gasteiger partial charge in [-0.15, -0.1) is 0 Å². The molecule has 1 aromatic carbocycles. The highest BCUT2D eigenvalue weighted by Crippen LogP contribution is 2.32. The fraction of sp³-hybridized carbons (Fsp3) is 0.463. The summed E-state index contributed by atoms with van der Waals surface area (Å²) < 4.78 is 13.9. The molecule has 2 bridgehead atoms. The molecule has 0 aliphatic carbocycles. The first-order chi connectivity index (χ1) is 27.1. The van der Waals surface area contributed by atoms with Crippen molar-refractivity contribution in [1.82, 2.24) is 39.2 Å². The van der Waals surface area contributed by atoms with E-state index >= 15 is 0 Å². The van der Waals surface area contributed by atoms with E-state index < -0.39 is 5.97 Å². The number of piperidine rings is 1. The molecule has 298 valence electrons. The summed E-state index contributed by atoms with van der Waals surface area (Å²) in [5.74, 6) is 1.75. The van der Waals surface area contributed by atoms with Crippen LogP contribution < -0.4 is 9.47 Å². The fourth-order valence-corrected chi connectivity index (χ4v) is 6.82. The van der Waals surface area contributed by atoms with Crippen molar-refractivity contribution in [3.63, 3.8) is 0 Å². The molecule has 5 heterocycles. The molecule has 3 amide bonds. The molecule has 0 atom stereocenters. The van der Waals surface area contributed by atoms with Gasteiger partial charge in [-0.1, -0.05) is 0 Å². The fourth-order valence-electron chi connectivity index (χ4n) is 6.82. The number of nitrogens with zero attached hydrogens (tertiary/aromatic N) is 8. The minimum Gasteiger partial charge on any atom is -0.493 e. The molecule has 4 aromatic rings. The van der Waals surface area contributed by atoms with Crippen molar-refractivity contribution in [2.24, 2.45) is 0 Å². The molecule has 15 heteroatoms. The Hall–Kier alpha value is -5.86. The number of rotatable bonds is 7. The van der Waals surface area contributed by atoms with E-state index in [1.165, 1.54) is 0 Å². The van der Waals surface area contributed by atoms with Gasteiger partial charge in [-0.25, -0.2) is 15.0 Å². The minimum absolute atomic E-state index is 0.0307. The van der Waals surface area contributed by atoms with E-state index in [0.717, 1.165) is 43.3 Å². The molecule has 0 spiro atoms. The molecule has 0 radical (unpaired) electrons. The van der Waals surface area contributed by atoms with E-state index in [4.69, 9.17) is 19.4 Å². The number of carbonyl (C=O) groups excluding carboxylic acids is 3. The highest BCUT2D eigenvalue weighted by Gasteiger charge is 2.22. The zero-order chi connectivity index (χ0) is 39.9. The number of ether oxygens (including phenoxy) is 2. The van der Waals surface area contributed by atoms with Crippen molar-refractivity contribution in [3.8, 4) is 34.3 Å². The molecular formula is C41H52N8O7. The monoisotopic (exact) mass is 768 g/mol. The van der Waals surface area contributed by atoms with Crippen molar-refractivity contribution in [1.29, 1.82) is 0 Å². The lowest BCUT2D eigenvalue weighted by Gasteiger charge is -2.28. The van der Waals surface area contributed by atoms with Gasteiger partial charge in [0.1, 0.15) is 12.4 Å². The Kier molecular flexibility index (Phi) is 15.3. The second-order valence-corrected chi connectivity index (χ2v) is 13.8. The maximum absolute atomic E-state index is 14.1. The first kappa shape index (κ1) is 41.3. The topological polar surface area (TPSA) is 173 Å². The summed E-state index contributed by atoms with van der Waals surface area (Å²) in [6, 6.07) is 9.47. The number of carbonyl (C=O) groups is 4. The van der Waals surface area contributed by atoms with Gasteiger partial charge in [0.05, 0.1) is 24.9 Å². The summed E-state index contributed by atoms with van der Waals surface area (Å²) in [6.07, 6.45) is 14.4. The van der Waals surface area contributed by atoms with Crippen LogP contribution in [0.2, 0.25) is 0 Å². The number of aromatic nitrogens is 5. The van der Waals surface area contributed by atoms with Gasteiger partial charge in [-0.3, -0.25) is 24.2 Å². The Morgan fingerprint density at radius 2 is 1.66 bits per heavy atom. The predicted octanol–water partition coefficient (Wildman–Crippen LogP) is 5.14. The summed E-state index contributed by atoms with van der Waals surface area (Å²) in [5.41, 5.74) is 2.74. The van der Waals surface area contributed by atoms with Crippen LogP contribution in [0.1, 0.15) is 74.3 Å². The normalized spacial score (nSPS) is 15.4. The molecule has 56 heavy (non-hydrogen) atoms. The maximum atomic E-state index is 14.1. The van der Waals surface area contributed by atoms with Gasteiger partial charge >= 0.3 is 0 Å². The molecule has 1 fully saturated rings. The Morgan fingerprint density at radius 1 is 0.893 bits per heavy atom. The molecular weight excluding hydrogens is 716 g/mol. The number of fused-ring (bicyclic) bond motifs is 4. The summed E-state index contributed by atoms with van der Waals surface area (Å²) in [4.78, 5) is 72.5. The number of aryl methyl sites for hydroxylation is 2. The first-order valence-electron chi connectivity index (χ1n) is 19.2. The zero-order valence-electron chi connectivity index (χ0n) is 32.6. The maximum Gasteiger partial charge on any atom is 0.300 e. The van der Waals surface area contributed by atoms with Crippen molar-refractivity contribution < 1.29 is 33.8 Å².